The molecule has 1 N–H and O–H groups in total. The monoisotopic (exact) mass is 561 g/mol. The maximum Gasteiger partial charge on any atom is 0.264 e. The summed E-state index contributed by atoms with van der Waals surface area (Å²) < 4.78 is 28.6. The summed E-state index contributed by atoms with van der Waals surface area (Å²) in [6.45, 7) is 4.88. The van der Waals surface area contributed by atoms with Gasteiger partial charge in [-0.3, -0.25) is 13.9 Å². The molecule has 0 unspecified atom stereocenters. The van der Waals surface area contributed by atoms with Gasteiger partial charge in [-0.15, -0.1) is 0 Å². The molecule has 0 aliphatic rings. The first-order valence-electron chi connectivity index (χ1n) is 11.7. The van der Waals surface area contributed by atoms with Gasteiger partial charge in [-0.1, -0.05) is 65.7 Å². The molecule has 3 aromatic carbocycles. The topological polar surface area (TPSA) is 86.8 Å². The lowest BCUT2D eigenvalue weighted by Gasteiger charge is -2.32. The van der Waals surface area contributed by atoms with E-state index in [1.165, 1.54) is 17.0 Å². The Morgan fingerprint density at radius 1 is 0.919 bits per heavy atom. The van der Waals surface area contributed by atoms with Gasteiger partial charge in [0.1, 0.15) is 12.6 Å². The van der Waals surface area contributed by atoms with Crippen molar-refractivity contribution in [3.05, 3.63) is 94.0 Å². The maximum absolute atomic E-state index is 13.8. The number of benzene rings is 3. The number of sulfonamides is 1. The number of nitrogens with one attached hydrogen (secondary N) is 1. The normalized spacial score (nSPS) is 12.0. The zero-order valence-corrected chi connectivity index (χ0v) is 23.1. The SMILES string of the molecule is CCNC(=O)[C@@H](C)N(Cc1c(Cl)cccc1Cl)C(=O)CN(c1ccccc1C)S(=O)(=O)c1ccccc1. The number of hydrogen-bond donors (Lipinski definition) is 1. The molecule has 3 aromatic rings. The number of anilines is 1. The number of hydrogen-bond acceptors (Lipinski definition) is 4. The zero-order chi connectivity index (χ0) is 27.2. The van der Waals surface area contributed by atoms with E-state index in [9.17, 15) is 18.0 Å². The van der Waals surface area contributed by atoms with Gasteiger partial charge in [-0.25, -0.2) is 8.42 Å². The number of likely N-dealkylation sites (N-methyl/N-ethyl adjacent to an activating group) is 1. The van der Waals surface area contributed by atoms with Gasteiger partial charge in [0, 0.05) is 28.7 Å². The minimum Gasteiger partial charge on any atom is -0.355 e. The quantitative estimate of drug-likeness (QED) is 0.375. The molecule has 0 radical (unpaired) electrons. The van der Waals surface area contributed by atoms with Gasteiger partial charge < -0.3 is 10.2 Å². The van der Waals surface area contributed by atoms with E-state index in [4.69, 9.17) is 23.2 Å². The lowest BCUT2D eigenvalue weighted by atomic mass is 10.1. The predicted molar refractivity (Wildman–Crippen MR) is 147 cm³/mol. The fourth-order valence-corrected chi connectivity index (χ4v) is 5.85. The van der Waals surface area contributed by atoms with E-state index in [1.54, 1.807) is 81.4 Å². The fraction of sp³-hybridized carbons (Fsp3) is 0.259. The van der Waals surface area contributed by atoms with Gasteiger partial charge in [0.2, 0.25) is 11.8 Å². The Balaban J connectivity index is 2.07. The molecule has 0 aromatic heterocycles. The summed E-state index contributed by atoms with van der Waals surface area (Å²) in [6.07, 6.45) is 0. The first-order chi connectivity index (χ1) is 17.6. The highest BCUT2D eigenvalue weighted by Crippen LogP contribution is 2.29. The third-order valence-electron chi connectivity index (χ3n) is 5.90. The third kappa shape index (κ3) is 6.63. The van der Waals surface area contributed by atoms with Crippen LogP contribution in [0.3, 0.4) is 0 Å². The second-order valence-electron chi connectivity index (χ2n) is 8.40. The van der Waals surface area contributed by atoms with Crippen LogP contribution in [0.2, 0.25) is 10.0 Å². The number of para-hydroxylation sites is 1. The Labute approximate surface area is 228 Å². The van der Waals surface area contributed by atoms with E-state index < -0.39 is 28.5 Å². The Hall–Kier alpha value is -3.07. The lowest BCUT2D eigenvalue weighted by Crippen LogP contribution is -2.51. The van der Waals surface area contributed by atoms with Crippen LogP contribution in [0.5, 0.6) is 0 Å². The third-order valence-corrected chi connectivity index (χ3v) is 8.38. The summed E-state index contributed by atoms with van der Waals surface area (Å²) in [5.74, 6) is -0.968. The fourth-order valence-electron chi connectivity index (χ4n) is 3.83. The number of carbonyl (C=O) groups is 2. The largest absolute Gasteiger partial charge is 0.355 e. The Bertz CT molecular complexity index is 1350. The molecular weight excluding hydrogens is 533 g/mol. The van der Waals surface area contributed by atoms with E-state index >= 15 is 0 Å². The van der Waals surface area contributed by atoms with Gasteiger partial charge in [0.05, 0.1) is 10.6 Å². The first kappa shape index (κ1) is 28.5. The van der Waals surface area contributed by atoms with E-state index in [2.05, 4.69) is 5.32 Å². The number of nitrogens with zero attached hydrogens (tertiary/aromatic N) is 2. The van der Waals surface area contributed by atoms with Crippen LogP contribution in [0, 0.1) is 6.92 Å². The molecular formula is C27H29Cl2N3O4S. The van der Waals surface area contributed by atoms with Gasteiger partial charge in [0.15, 0.2) is 0 Å². The molecule has 0 saturated carbocycles. The second kappa shape index (κ2) is 12.4. The summed E-state index contributed by atoms with van der Waals surface area (Å²) in [7, 11) is -4.12. The summed E-state index contributed by atoms with van der Waals surface area (Å²) in [4.78, 5) is 28.0. The van der Waals surface area contributed by atoms with Crippen molar-refractivity contribution in [2.45, 2.75) is 38.3 Å². The average molecular weight is 563 g/mol. The smallest absolute Gasteiger partial charge is 0.264 e. The summed E-state index contributed by atoms with van der Waals surface area (Å²) in [6, 6.07) is 18.9. The standard InChI is InChI=1S/C27H29Cl2N3O4S/c1-4-30-27(34)20(3)31(17-22-23(28)14-10-15-24(22)29)26(33)18-32(25-16-9-8-11-19(25)2)37(35,36)21-12-6-5-7-13-21/h5-16,20H,4,17-18H2,1-3H3,(H,30,34)/t20-/m1/s1. The maximum atomic E-state index is 13.8. The summed E-state index contributed by atoms with van der Waals surface area (Å²) in [5.41, 5.74) is 1.50. The van der Waals surface area contributed by atoms with Crippen LogP contribution in [0.25, 0.3) is 0 Å². The van der Waals surface area contributed by atoms with Crippen LogP contribution in [0.1, 0.15) is 25.0 Å². The molecule has 0 bridgehead atoms. The molecule has 2 amide bonds. The number of rotatable bonds is 10. The van der Waals surface area contributed by atoms with Gasteiger partial charge in [-0.2, -0.15) is 0 Å². The zero-order valence-electron chi connectivity index (χ0n) is 20.8. The van der Waals surface area contributed by atoms with E-state index in [0.29, 0.717) is 33.4 Å². The average Bonchev–Trinajstić information content (AvgIpc) is 2.88. The Kier molecular flexibility index (Phi) is 9.59. The van der Waals surface area contributed by atoms with Crippen molar-refractivity contribution >= 4 is 50.7 Å². The van der Waals surface area contributed by atoms with Crippen molar-refractivity contribution in [2.24, 2.45) is 0 Å². The molecule has 7 nitrogen and oxygen atoms in total. The van der Waals surface area contributed by atoms with Crippen molar-refractivity contribution in [3.63, 3.8) is 0 Å². The van der Waals surface area contributed by atoms with Crippen molar-refractivity contribution in [1.29, 1.82) is 0 Å². The van der Waals surface area contributed by atoms with Gasteiger partial charge in [-0.05, 0) is 56.7 Å². The van der Waals surface area contributed by atoms with Crippen LogP contribution in [0.4, 0.5) is 5.69 Å². The molecule has 0 spiro atoms. The van der Waals surface area contributed by atoms with Crippen LogP contribution in [0.15, 0.2) is 77.7 Å². The minimum atomic E-state index is -4.12. The summed E-state index contributed by atoms with van der Waals surface area (Å²) >= 11 is 12.7. The summed E-state index contributed by atoms with van der Waals surface area (Å²) in [5, 5.41) is 3.38. The molecule has 3 rings (SSSR count). The minimum absolute atomic E-state index is 0.0449. The molecule has 1 atom stereocenters. The highest BCUT2D eigenvalue weighted by atomic mass is 35.5. The highest BCUT2D eigenvalue weighted by molar-refractivity contribution is 7.92. The molecule has 0 fully saturated rings. The second-order valence-corrected chi connectivity index (χ2v) is 11.1. The lowest BCUT2D eigenvalue weighted by molar-refractivity contribution is -0.139. The van der Waals surface area contributed by atoms with Gasteiger partial charge in [0.25, 0.3) is 10.0 Å². The van der Waals surface area contributed by atoms with Crippen molar-refractivity contribution in [3.8, 4) is 0 Å². The number of carbonyl (C=O) groups excluding carboxylic acids is 2. The van der Waals surface area contributed by atoms with Crippen molar-refractivity contribution in [1.82, 2.24) is 10.2 Å². The number of halogens is 2. The predicted octanol–water partition coefficient (Wildman–Crippen LogP) is 5.05. The van der Waals surface area contributed by atoms with E-state index in [-0.39, 0.29) is 17.3 Å². The number of aryl methyl sites for hydroxylation is 1. The molecule has 196 valence electrons. The van der Waals surface area contributed by atoms with Crippen LogP contribution >= 0.6 is 23.2 Å². The molecule has 0 aliphatic heterocycles. The van der Waals surface area contributed by atoms with Crippen molar-refractivity contribution < 1.29 is 18.0 Å². The van der Waals surface area contributed by atoms with Crippen LogP contribution in [-0.4, -0.2) is 44.3 Å². The van der Waals surface area contributed by atoms with Gasteiger partial charge >= 0.3 is 0 Å². The van der Waals surface area contributed by atoms with E-state index in [0.717, 1.165) is 4.31 Å². The van der Waals surface area contributed by atoms with Crippen molar-refractivity contribution in [2.75, 3.05) is 17.4 Å². The molecule has 10 heteroatoms. The van der Waals surface area contributed by atoms with Crippen LogP contribution < -0.4 is 9.62 Å². The number of amides is 2. The molecule has 0 heterocycles. The molecule has 0 saturated heterocycles. The van der Waals surface area contributed by atoms with Crippen LogP contribution in [-0.2, 0) is 26.2 Å². The molecule has 37 heavy (non-hydrogen) atoms. The molecule has 0 aliphatic carbocycles. The Morgan fingerprint density at radius 2 is 1.51 bits per heavy atom. The Morgan fingerprint density at radius 3 is 2.11 bits per heavy atom. The van der Waals surface area contributed by atoms with E-state index in [1.807, 2.05) is 0 Å². The first-order valence-corrected chi connectivity index (χ1v) is 13.9. The highest BCUT2D eigenvalue weighted by Gasteiger charge is 2.33.